The highest BCUT2D eigenvalue weighted by Gasteiger charge is 2.62. The summed E-state index contributed by atoms with van der Waals surface area (Å²) < 4.78 is 47.7. The molecule has 0 spiro atoms. The molecule has 0 aromatic carbocycles. The van der Waals surface area contributed by atoms with Crippen LogP contribution < -0.4 is 0 Å². The number of Topliss-reactive ketones (excluding diaryl/α,β-unsaturated/α-hetero) is 2. The van der Waals surface area contributed by atoms with Crippen molar-refractivity contribution in [2.24, 2.45) is 0 Å². The van der Waals surface area contributed by atoms with Gasteiger partial charge in [0, 0.05) is 31.9 Å². The van der Waals surface area contributed by atoms with Gasteiger partial charge in [-0.25, -0.2) is 0 Å². The zero-order chi connectivity index (χ0) is 26.1. The molecular weight excluding hydrogens is 466 g/mol. The number of rotatable bonds is 15. The van der Waals surface area contributed by atoms with E-state index in [9.17, 15) is 22.8 Å². The Morgan fingerprint density at radius 1 is 1.03 bits per heavy atom. The van der Waals surface area contributed by atoms with Crippen molar-refractivity contribution in [3.05, 3.63) is 11.8 Å². The Kier molecular flexibility index (Phi) is 12.0. The lowest BCUT2D eigenvalue weighted by Gasteiger charge is -2.32. The minimum Gasteiger partial charge on any atom is -0.378 e. The van der Waals surface area contributed by atoms with Gasteiger partial charge < -0.3 is 14.2 Å². The van der Waals surface area contributed by atoms with Crippen LogP contribution in [0, 0.1) is 0 Å². The number of ether oxygens (including phenoxy) is 3. The largest absolute Gasteiger partial charge is 0.378 e. The first-order valence-corrected chi connectivity index (χ1v) is 13.4. The van der Waals surface area contributed by atoms with Gasteiger partial charge in [-0.2, -0.15) is 8.42 Å². The van der Waals surface area contributed by atoms with Gasteiger partial charge in [0.1, 0.15) is 6.10 Å². The molecule has 1 aliphatic heterocycles. The van der Waals surface area contributed by atoms with Crippen LogP contribution in [0.1, 0.15) is 67.2 Å². The first-order chi connectivity index (χ1) is 15.8. The molecule has 196 valence electrons. The van der Waals surface area contributed by atoms with E-state index in [4.69, 9.17) is 18.4 Å². The van der Waals surface area contributed by atoms with E-state index in [-0.39, 0.29) is 24.6 Å². The maximum absolute atomic E-state index is 13.0. The molecule has 1 fully saturated rings. The molecule has 0 saturated carbocycles. The van der Waals surface area contributed by atoms with Crippen LogP contribution in [0.25, 0.3) is 0 Å². The second-order valence-corrected chi connectivity index (χ2v) is 10.2. The summed E-state index contributed by atoms with van der Waals surface area (Å²) in [7, 11) is -4.05. The highest BCUT2D eigenvalue weighted by atomic mass is 32.2. The molecule has 4 atom stereocenters. The van der Waals surface area contributed by atoms with Gasteiger partial charge in [0.15, 0.2) is 29.5 Å². The van der Waals surface area contributed by atoms with Crippen LogP contribution in [-0.2, 0) is 42.9 Å². The fraction of sp³-hybridized carbons (Fsp3) is 0.783. The summed E-state index contributed by atoms with van der Waals surface area (Å²) in [5, 5.41) is 0. The van der Waals surface area contributed by atoms with Crippen molar-refractivity contribution in [2.45, 2.75) is 91.3 Å². The zero-order valence-electron chi connectivity index (χ0n) is 21.3. The summed E-state index contributed by atoms with van der Waals surface area (Å²) >= 11 is 0. The molecule has 1 aliphatic rings. The zero-order valence-corrected chi connectivity index (χ0v) is 22.1. The molecule has 0 aromatic rings. The Morgan fingerprint density at radius 3 is 2.09 bits per heavy atom. The molecule has 1 amide bonds. The van der Waals surface area contributed by atoms with Crippen molar-refractivity contribution >= 4 is 27.6 Å². The summed E-state index contributed by atoms with van der Waals surface area (Å²) in [5.74, 6) is -1.28. The third kappa shape index (κ3) is 8.23. The van der Waals surface area contributed by atoms with Crippen LogP contribution in [0.15, 0.2) is 11.8 Å². The number of amides is 1. The van der Waals surface area contributed by atoms with E-state index < -0.39 is 45.8 Å². The number of nitrogens with zero attached hydrogens (tertiary/aromatic N) is 1. The van der Waals surface area contributed by atoms with Gasteiger partial charge in [-0.1, -0.05) is 26.7 Å². The second kappa shape index (κ2) is 13.4. The molecule has 0 aromatic heterocycles. The first-order valence-electron chi connectivity index (χ1n) is 11.5. The summed E-state index contributed by atoms with van der Waals surface area (Å²) in [6.07, 6.45) is 1.32. The number of carbonyl (C=O) groups excluding carboxylic acids is 3. The topological polar surface area (TPSA) is 126 Å². The van der Waals surface area contributed by atoms with E-state index in [1.807, 2.05) is 13.8 Å². The SMILES string of the molecule is CCCCOC[C@@]1(C(C)=O)O[C@@H](N(/C=C(/C)C(C)=O)C(C)=O)[C@@H](OS(C)(=O)=O)C1OCCCC. The van der Waals surface area contributed by atoms with Crippen molar-refractivity contribution in [2.75, 3.05) is 26.1 Å². The number of unbranched alkanes of at least 4 members (excludes halogenated alkanes) is 2. The highest BCUT2D eigenvalue weighted by Crippen LogP contribution is 2.39. The van der Waals surface area contributed by atoms with E-state index in [0.717, 1.165) is 30.4 Å². The maximum Gasteiger partial charge on any atom is 0.264 e. The quantitative estimate of drug-likeness (QED) is 0.187. The molecule has 0 aliphatic carbocycles. The molecule has 0 bridgehead atoms. The maximum atomic E-state index is 13.0. The third-order valence-corrected chi connectivity index (χ3v) is 6.10. The summed E-state index contributed by atoms with van der Waals surface area (Å²) in [6, 6.07) is 0. The number of ketones is 2. The standard InChI is InChI=1S/C23H39NO9S/c1-8-10-12-30-15-23(18(5)26)21(31-13-11-9-2)20(33-34(7,28)29)22(32-23)24(19(6)27)14-16(3)17(4)25/h14,20-22H,8-13,15H2,1-7H3/b16-14-/t20-,21?,22+,23-/m0/s1. The van der Waals surface area contributed by atoms with Gasteiger partial charge >= 0.3 is 0 Å². The van der Waals surface area contributed by atoms with Crippen LogP contribution in [0.3, 0.4) is 0 Å². The van der Waals surface area contributed by atoms with Gasteiger partial charge in [-0.3, -0.25) is 23.5 Å². The Hall–Kier alpha value is -1.66. The Morgan fingerprint density at radius 2 is 1.62 bits per heavy atom. The molecular formula is C23H39NO9S. The van der Waals surface area contributed by atoms with Crippen LogP contribution in [0.2, 0.25) is 0 Å². The summed E-state index contributed by atoms with van der Waals surface area (Å²) in [6.45, 7) is 9.71. The van der Waals surface area contributed by atoms with Crippen LogP contribution in [0.4, 0.5) is 0 Å². The number of allylic oxidation sites excluding steroid dienone is 1. The fourth-order valence-electron chi connectivity index (χ4n) is 3.48. The predicted octanol–water partition coefficient (Wildman–Crippen LogP) is 2.36. The second-order valence-electron chi connectivity index (χ2n) is 8.56. The lowest BCUT2D eigenvalue weighted by atomic mass is 9.91. The molecule has 11 heteroatoms. The predicted molar refractivity (Wildman–Crippen MR) is 125 cm³/mol. The highest BCUT2D eigenvalue weighted by molar-refractivity contribution is 7.86. The van der Waals surface area contributed by atoms with Crippen molar-refractivity contribution < 1.29 is 41.2 Å². The molecule has 1 rings (SSSR count). The Balaban J connectivity index is 3.62. The van der Waals surface area contributed by atoms with E-state index in [0.29, 0.717) is 13.0 Å². The normalized spacial score (nSPS) is 25.4. The fourth-order valence-corrected chi connectivity index (χ4v) is 4.08. The van der Waals surface area contributed by atoms with Crippen molar-refractivity contribution in [3.63, 3.8) is 0 Å². The van der Waals surface area contributed by atoms with Crippen molar-refractivity contribution in [1.82, 2.24) is 4.90 Å². The van der Waals surface area contributed by atoms with Gasteiger partial charge in [0.2, 0.25) is 5.91 Å². The summed E-state index contributed by atoms with van der Waals surface area (Å²) in [4.78, 5) is 38.5. The minimum atomic E-state index is -4.05. The average Bonchev–Trinajstić information content (AvgIpc) is 3.02. The van der Waals surface area contributed by atoms with E-state index >= 15 is 0 Å². The number of hydrogen-bond donors (Lipinski definition) is 0. The molecule has 1 unspecified atom stereocenters. The monoisotopic (exact) mass is 505 g/mol. The summed E-state index contributed by atoms with van der Waals surface area (Å²) in [5.41, 5.74) is -1.48. The lowest BCUT2D eigenvalue weighted by Crippen LogP contribution is -2.54. The van der Waals surface area contributed by atoms with Crippen molar-refractivity contribution in [1.29, 1.82) is 0 Å². The number of carbonyl (C=O) groups is 3. The average molecular weight is 506 g/mol. The van der Waals surface area contributed by atoms with E-state index in [2.05, 4.69) is 0 Å². The molecule has 1 saturated heterocycles. The van der Waals surface area contributed by atoms with E-state index in [1.165, 1.54) is 33.9 Å². The van der Waals surface area contributed by atoms with Gasteiger partial charge in [0.05, 0.1) is 12.9 Å². The number of hydrogen-bond acceptors (Lipinski definition) is 9. The Bertz CT molecular complexity index is 855. The minimum absolute atomic E-state index is 0.208. The molecule has 0 N–H and O–H groups in total. The third-order valence-electron chi connectivity index (χ3n) is 5.53. The van der Waals surface area contributed by atoms with Gasteiger partial charge in [-0.15, -0.1) is 0 Å². The van der Waals surface area contributed by atoms with Crippen LogP contribution in [0.5, 0.6) is 0 Å². The van der Waals surface area contributed by atoms with Crippen molar-refractivity contribution in [3.8, 4) is 0 Å². The molecule has 34 heavy (non-hydrogen) atoms. The molecule has 0 radical (unpaired) electrons. The Labute approximate surface area is 203 Å². The van der Waals surface area contributed by atoms with Crippen LogP contribution in [-0.4, -0.2) is 80.9 Å². The molecule has 10 nitrogen and oxygen atoms in total. The van der Waals surface area contributed by atoms with Crippen LogP contribution >= 0.6 is 0 Å². The molecule has 1 heterocycles. The van der Waals surface area contributed by atoms with E-state index in [1.54, 1.807) is 0 Å². The van der Waals surface area contributed by atoms with Gasteiger partial charge in [0.25, 0.3) is 10.1 Å². The lowest BCUT2D eigenvalue weighted by molar-refractivity contribution is -0.178. The van der Waals surface area contributed by atoms with Gasteiger partial charge in [-0.05, 0) is 33.6 Å². The smallest absolute Gasteiger partial charge is 0.264 e. The first kappa shape index (κ1) is 30.4.